The molecule has 2 aromatic carbocycles. The van der Waals surface area contributed by atoms with Crippen LogP contribution in [0.3, 0.4) is 0 Å². The monoisotopic (exact) mass is 362 g/mol. The van der Waals surface area contributed by atoms with Crippen LogP contribution in [0.5, 0.6) is 5.75 Å². The zero-order chi connectivity index (χ0) is 19.2. The van der Waals surface area contributed by atoms with E-state index in [-0.39, 0.29) is 5.91 Å². The van der Waals surface area contributed by atoms with E-state index in [9.17, 15) is 4.79 Å². The number of ether oxygens (including phenoxy) is 1. The Hall–Kier alpha value is -3.54. The third-order valence-electron chi connectivity index (χ3n) is 4.00. The number of amides is 1. The lowest BCUT2D eigenvalue weighted by molar-refractivity contribution is 0.102. The Labute approximate surface area is 158 Å². The minimum atomic E-state index is -0.214. The number of anilines is 4. The van der Waals surface area contributed by atoms with Crippen LogP contribution < -0.4 is 20.3 Å². The molecule has 0 aliphatic heterocycles. The lowest BCUT2D eigenvalue weighted by Gasteiger charge is -2.13. The number of nitrogens with one attached hydrogen (secondary N) is 2. The molecular weight excluding hydrogens is 340 g/mol. The molecule has 0 bridgehead atoms. The molecule has 0 unspecified atom stereocenters. The number of pyridine rings is 1. The predicted molar refractivity (Wildman–Crippen MR) is 109 cm³/mol. The fourth-order valence-corrected chi connectivity index (χ4v) is 2.55. The number of rotatable bonds is 6. The van der Waals surface area contributed by atoms with E-state index in [1.54, 1.807) is 25.6 Å². The first-order chi connectivity index (χ1) is 13.0. The molecular formula is C21H22N4O2. The van der Waals surface area contributed by atoms with Gasteiger partial charge in [-0.2, -0.15) is 0 Å². The maximum atomic E-state index is 12.5. The lowest BCUT2D eigenvalue weighted by Crippen LogP contribution is -2.13. The van der Waals surface area contributed by atoms with Gasteiger partial charge in [-0.15, -0.1) is 0 Å². The van der Waals surface area contributed by atoms with Crippen molar-refractivity contribution in [2.75, 3.05) is 36.7 Å². The van der Waals surface area contributed by atoms with Crippen LogP contribution in [0.4, 0.5) is 22.7 Å². The van der Waals surface area contributed by atoms with Crippen LogP contribution >= 0.6 is 0 Å². The van der Waals surface area contributed by atoms with Crippen LogP contribution in [0, 0.1) is 0 Å². The van der Waals surface area contributed by atoms with Crippen molar-refractivity contribution in [3.63, 3.8) is 0 Å². The van der Waals surface area contributed by atoms with Crippen molar-refractivity contribution in [1.29, 1.82) is 0 Å². The smallest absolute Gasteiger partial charge is 0.257 e. The highest BCUT2D eigenvalue weighted by Gasteiger charge is 2.08. The van der Waals surface area contributed by atoms with E-state index >= 15 is 0 Å². The van der Waals surface area contributed by atoms with Gasteiger partial charge >= 0.3 is 0 Å². The maximum absolute atomic E-state index is 12.5. The highest BCUT2D eigenvalue weighted by molar-refractivity contribution is 6.04. The normalized spacial score (nSPS) is 10.2. The summed E-state index contributed by atoms with van der Waals surface area (Å²) in [5.41, 5.74) is 3.85. The SMILES string of the molecule is COc1cccc(Nc2cncc(C(=O)Nc3ccc(N(C)C)cc3)c2)c1. The number of carbonyl (C=O) groups is 1. The molecule has 6 nitrogen and oxygen atoms in total. The molecule has 0 atom stereocenters. The molecule has 0 saturated heterocycles. The largest absolute Gasteiger partial charge is 0.497 e. The molecule has 0 saturated carbocycles. The van der Waals surface area contributed by atoms with Crippen LogP contribution in [-0.2, 0) is 0 Å². The van der Waals surface area contributed by atoms with Crippen molar-refractivity contribution in [2.45, 2.75) is 0 Å². The van der Waals surface area contributed by atoms with Gasteiger partial charge in [0.05, 0.1) is 24.6 Å². The lowest BCUT2D eigenvalue weighted by atomic mass is 10.2. The predicted octanol–water partition coefficient (Wildman–Crippen LogP) is 4.15. The molecule has 0 radical (unpaired) electrons. The van der Waals surface area contributed by atoms with Crippen molar-refractivity contribution in [2.24, 2.45) is 0 Å². The summed E-state index contributed by atoms with van der Waals surface area (Å²) in [7, 11) is 5.57. The van der Waals surface area contributed by atoms with Gasteiger partial charge in [-0.3, -0.25) is 9.78 Å². The van der Waals surface area contributed by atoms with Gasteiger partial charge in [-0.1, -0.05) is 6.07 Å². The van der Waals surface area contributed by atoms with Gasteiger partial charge in [-0.05, 0) is 42.5 Å². The van der Waals surface area contributed by atoms with E-state index < -0.39 is 0 Å². The Morgan fingerprint density at radius 3 is 2.44 bits per heavy atom. The third-order valence-corrected chi connectivity index (χ3v) is 4.00. The summed E-state index contributed by atoms with van der Waals surface area (Å²) in [6.07, 6.45) is 3.21. The number of hydrogen-bond acceptors (Lipinski definition) is 5. The van der Waals surface area contributed by atoms with Crippen LogP contribution in [-0.4, -0.2) is 32.1 Å². The first-order valence-corrected chi connectivity index (χ1v) is 8.50. The molecule has 3 aromatic rings. The second-order valence-electron chi connectivity index (χ2n) is 6.21. The second-order valence-corrected chi connectivity index (χ2v) is 6.21. The molecule has 3 rings (SSSR count). The number of benzene rings is 2. The second kappa shape index (κ2) is 8.23. The minimum absolute atomic E-state index is 0.214. The quantitative estimate of drug-likeness (QED) is 0.689. The van der Waals surface area contributed by atoms with Crippen molar-refractivity contribution >= 4 is 28.7 Å². The number of carbonyl (C=O) groups excluding carboxylic acids is 1. The van der Waals surface area contributed by atoms with Crippen LogP contribution in [0.1, 0.15) is 10.4 Å². The molecule has 1 heterocycles. The molecule has 0 spiro atoms. The van der Waals surface area contributed by atoms with Gasteiger partial charge in [0.15, 0.2) is 0 Å². The summed E-state index contributed by atoms with van der Waals surface area (Å²) in [4.78, 5) is 18.7. The fraction of sp³-hybridized carbons (Fsp3) is 0.143. The number of methoxy groups -OCH3 is 1. The summed E-state index contributed by atoms with van der Waals surface area (Å²) in [5, 5.41) is 6.12. The Balaban J connectivity index is 1.71. The zero-order valence-corrected chi connectivity index (χ0v) is 15.6. The van der Waals surface area contributed by atoms with Gasteiger partial charge in [0, 0.05) is 43.4 Å². The summed E-state index contributed by atoms with van der Waals surface area (Å²) >= 11 is 0. The van der Waals surface area contributed by atoms with E-state index in [1.165, 1.54) is 0 Å². The topological polar surface area (TPSA) is 66.5 Å². The Morgan fingerprint density at radius 1 is 0.963 bits per heavy atom. The van der Waals surface area contributed by atoms with E-state index in [0.717, 1.165) is 28.5 Å². The Kier molecular flexibility index (Phi) is 5.56. The van der Waals surface area contributed by atoms with Crippen LogP contribution in [0.15, 0.2) is 67.0 Å². The van der Waals surface area contributed by atoms with Gasteiger partial charge < -0.3 is 20.3 Å². The highest BCUT2D eigenvalue weighted by atomic mass is 16.5. The average Bonchev–Trinajstić information content (AvgIpc) is 2.68. The minimum Gasteiger partial charge on any atom is -0.497 e. The first-order valence-electron chi connectivity index (χ1n) is 8.50. The van der Waals surface area contributed by atoms with Crippen molar-refractivity contribution in [3.8, 4) is 5.75 Å². The summed E-state index contributed by atoms with van der Waals surface area (Å²) < 4.78 is 5.22. The fourth-order valence-electron chi connectivity index (χ4n) is 2.55. The standard InChI is InChI=1S/C21H22N4O2/c1-25(2)19-9-7-16(8-10-19)24-21(26)15-11-18(14-22-13-15)23-17-5-4-6-20(12-17)27-3/h4-14,23H,1-3H3,(H,24,26). The van der Waals surface area contributed by atoms with Crippen molar-refractivity contribution in [1.82, 2.24) is 4.98 Å². The van der Waals surface area contributed by atoms with Gasteiger partial charge in [0.1, 0.15) is 5.75 Å². The van der Waals surface area contributed by atoms with Gasteiger partial charge in [0.25, 0.3) is 5.91 Å². The molecule has 27 heavy (non-hydrogen) atoms. The van der Waals surface area contributed by atoms with Gasteiger partial charge in [0.2, 0.25) is 0 Å². The number of hydrogen-bond donors (Lipinski definition) is 2. The van der Waals surface area contributed by atoms with Crippen LogP contribution in [0.25, 0.3) is 0 Å². The molecule has 138 valence electrons. The molecule has 0 aliphatic rings. The zero-order valence-electron chi connectivity index (χ0n) is 15.6. The number of aromatic nitrogens is 1. The molecule has 1 aromatic heterocycles. The summed E-state index contributed by atoms with van der Waals surface area (Å²) in [6.45, 7) is 0. The molecule has 6 heteroatoms. The Bertz CT molecular complexity index is 923. The molecule has 0 aliphatic carbocycles. The molecule has 1 amide bonds. The summed E-state index contributed by atoms with van der Waals surface area (Å²) in [5.74, 6) is 0.539. The van der Waals surface area contributed by atoms with Crippen molar-refractivity contribution < 1.29 is 9.53 Å². The van der Waals surface area contributed by atoms with Crippen LogP contribution in [0.2, 0.25) is 0 Å². The van der Waals surface area contributed by atoms with Crippen molar-refractivity contribution in [3.05, 3.63) is 72.6 Å². The van der Waals surface area contributed by atoms with Gasteiger partial charge in [-0.25, -0.2) is 0 Å². The van der Waals surface area contributed by atoms with E-state index in [1.807, 2.05) is 67.5 Å². The molecule has 2 N–H and O–H groups in total. The highest BCUT2D eigenvalue weighted by Crippen LogP contribution is 2.22. The summed E-state index contributed by atoms with van der Waals surface area (Å²) in [6, 6.07) is 17.0. The van der Waals surface area contributed by atoms with E-state index in [2.05, 4.69) is 15.6 Å². The number of nitrogens with zero attached hydrogens (tertiary/aromatic N) is 2. The van der Waals surface area contributed by atoms with E-state index in [0.29, 0.717) is 5.56 Å². The third kappa shape index (κ3) is 4.76. The average molecular weight is 362 g/mol. The maximum Gasteiger partial charge on any atom is 0.257 e. The van der Waals surface area contributed by atoms with E-state index in [4.69, 9.17) is 4.74 Å². The first kappa shape index (κ1) is 18.3. The molecule has 0 fully saturated rings. The Morgan fingerprint density at radius 2 is 1.74 bits per heavy atom.